The van der Waals surface area contributed by atoms with Gasteiger partial charge in [-0.25, -0.2) is 4.79 Å². The van der Waals surface area contributed by atoms with E-state index in [0.717, 1.165) is 12.1 Å². The number of carbonyl (C=O) groups excluding carboxylic acids is 2. The van der Waals surface area contributed by atoms with Crippen molar-refractivity contribution in [2.75, 3.05) is 26.7 Å². The molecule has 1 aromatic carbocycles. The second-order valence-corrected chi connectivity index (χ2v) is 5.59. The summed E-state index contributed by atoms with van der Waals surface area (Å²) in [5.74, 6) is -0.0548. The van der Waals surface area contributed by atoms with E-state index in [1.165, 1.54) is 0 Å². The summed E-state index contributed by atoms with van der Waals surface area (Å²) in [5, 5.41) is 8.82. The quantitative estimate of drug-likeness (QED) is 0.643. The smallest absolute Gasteiger partial charge is 0.317 e. The second-order valence-electron chi connectivity index (χ2n) is 5.59. The zero-order valence-corrected chi connectivity index (χ0v) is 14.3. The number of urea groups is 1. The summed E-state index contributed by atoms with van der Waals surface area (Å²) in [7, 11) is 1.74. The Morgan fingerprint density at radius 2 is 1.87 bits per heavy atom. The molecule has 0 aliphatic carbocycles. The topological polar surface area (TPSA) is 73.5 Å². The second kappa shape index (κ2) is 10.6. The van der Waals surface area contributed by atoms with Crippen LogP contribution in [0.2, 0.25) is 0 Å². The van der Waals surface area contributed by atoms with Gasteiger partial charge in [0.15, 0.2) is 0 Å². The summed E-state index contributed by atoms with van der Waals surface area (Å²) in [6.07, 6.45) is 0.282. The molecule has 1 rings (SSSR count). The monoisotopic (exact) mass is 320 g/mol. The zero-order chi connectivity index (χ0) is 17.1. The largest absolute Gasteiger partial charge is 0.354 e. The number of hydrogen-bond acceptors (Lipinski definition) is 3. The lowest BCUT2D eigenvalue weighted by molar-refractivity contribution is -0.121. The molecule has 0 spiro atoms. The highest BCUT2D eigenvalue weighted by molar-refractivity contribution is 5.78. The van der Waals surface area contributed by atoms with Crippen LogP contribution in [0.25, 0.3) is 0 Å². The summed E-state index contributed by atoms with van der Waals surface area (Å²) in [5.41, 5.74) is 1.07. The van der Waals surface area contributed by atoms with E-state index in [9.17, 15) is 9.59 Å². The van der Waals surface area contributed by atoms with Crippen molar-refractivity contribution in [1.29, 1.82) is 0 Å². The first-order chi connectivity index (χ1) is 11.0. The van der Waals surface area contributed by atoms with Crippen LogP contribution in [0.15, 0.2) is 30.3 Å². The average molecular weight is 320 g/mol. The van der Waals surface area contributed by atoms with Crippen LogP contribution in [0.3, 0.4) is 0 Å². The third-order valence-electron chi connectivity index (χ3n) is 3.40. The van der Waals surface area contributed by atoms with Crippen molar-refractivity contribution >= 4 is 11.9 Å². The van der Waals surface area contributed by atoms with E-state index in [2.05, 4.69) is 16.0 Å². The molecule has 0 fully saturated rings. The third kappa shape index (κ3) is 8.21. The number of rotatable bonds is 9. The minimum Gasteiger partial charge on any atom is -0.354 e. The molecule has 0 bridgehead atoms. The van der Waals surface area contributed by atoms with Gasteiger partial charge < -0.3 is 20.9 Å². The standard InChI is InChI=1S/C17H28N4O2/c1-4-18-14(2)12-20-16(22)10-11-19-17(23)21(3)13-15-8-6-5-7-9-15/h5-9,14,18H,4,10-13H2,1-3H3,(H,19,23)(H,20,22)/t14-/m1/s1. The number of benzene rings is 1. The molecule has 3 amide bonds. The predicted octanol–water partition coefficient (Wildman–Crippen LogP) is 1.33. The van der Waals surface area contributed by atoms with Gasteiger partial charge in [0.2, 0.25) is 5.91 Å². The van der Waals surface area contributed by atoms with Crippen LogP contribution < -0.4 is 16.0 Å². The highest BCUT2D eigenvalue weighted by atomic mass is 16.2. The van der Waals surface area contributed by atoms with Crippen molar-refractivity contribution in [3.05, 3.63) is 35.9 Å². The molecular weight excluding hydrogens is 292 g/mol. The molecule has 0 saturated heterocycles. The molecular formula is C17H28N4O2. The van der Waals surface area contributed by atoms with Crippen LogP contribution in [0, 0.1) is 0 Å². The van der Waals surface area contributed by atoms with Gasteiger partial charge in [-0.1, -0.05) is 37.3 Å². The van der Waals surface area contributed by atoms with E-state index in [1.807, 2.05) is 44.2 Å². The number of nitrogens with one attached hydrogen (secondary N) is 3. The first-order valence-electron chi connectivity index (χ1n) is 8.06. The molecule has 1 aromatic rings. The van der Waals surface area contributed by atoms with Crippen LogP contribution in [-0.2, 0) is 11.3 Å². The highest BCUT2D eigenvalue weighted by Gasteiger charge is 2.09. The molecule has 0 unspecified atom stereocenters. The molecule has 0 saturated carbocycles. The normalized spacial score (nSPS) is 11.6. The minimum absolute atomic E-state index is 0.0548. The maximum atomic E-state index is 12.0. The fraction of sp³-hybridized carbons (Fsp3) is 0.529. The minimum atomic E-state index is -0.178. The van der Waals surface area contributed by atoms with E-state index in [4.69, 9.17) is 0 Å². The van der Waals surface area contributed by atoms with Gasteiger partial charge in [0.25, 0.3) is 0 Å². The van der Waals surface area contributed by atoms with Gasteiger partial charge >= 0.3 is 6.03 Å². The molecule has 3 N–H and O–H groups in total. The van der Waals surface area contributed by atoms with Crippen LogP contribution in [0.4, 0.5) is 4.79 Å². The Morgan fingerprint density at radius 1 is 1.17 bits per heavy atom. The number of nitrogens with zero attached hydrogens (tertiary/aromatic N) is 1. The van der Waals surface area contributed by atoms with Gasteiger partial charge in [-0.05, 0) is 19.0 Å². The summed E-state index contributed by atoms with van der Waals surface area (Å²) in [6, 6.07) is 9.85. The first-order valence-corrected chi connectivity index (χ1v) is 8.06. The molecule has 6 heteroatoms. The number of hydrogen-bond donors (Lipinski definition) is 3. The lowest BCUT2D eigenvalue weighted by atomic mass is 10.2. The van der Waals surface area contributed by atoms with E-state index < -0.39 is 0 Å². The maximum Gasteiger partial charge on any atom is 0.317 e. The first kappa shape index (κ1) is 19.0. The third-order valence-corrected chi connectivity index (χ3v) is 3.40. The van der Waals surface area contributed by atoms with Crippen LogP contribution in [0.1, 0.15) is 25.8 Å². The zero-order valence-electron chi connectivity index (χ0n) is 14.3. The van der Waals surface area contributed by atoms with Crippen LogP contribution >= 0.6 is 0 Å². The Bertz CT molecular complexity index is 479. The van der Waals surface area contributed by atoms with Gasteiger partial charge in [-0.15, -0.1) is 0 Å². The van der Waals surface area contributed by atoms with Gasteiger partial charge in [-0.3, -0.25) is 4.79 Å². The summed E-state index contributed by atoms with van der Waals surface area (Å²) >= 11 is 0. The molecule has 0 radical (unpaired) electrons. The van der Waals surface area contributed by atoms with Crippen molar-refractivity contribution in [2.24, 2.45) is 0 Å². The van der Waals surface area contributed by atoms with Crippen LogP contribution in [0.5, 0.6) is 0 Å². The van der Waals surface area contributed by atoms with Crippen molar-refractivity contribution in [3.8, 4) is 0 Å². The Kier molecular flexibility index (Phi) is 8.75. The Morgan fingerprint density at radius 3 is 2.52 bits per heavy atom. The fourth-order valence-corrected chi connectivity index (χ4v) is 2.12. The maximum absolute atomic E-state index is 12.0. The SMILES string of the molecule is CCN[C@H](C)CNC(=O)CCNC(=O)N(C)Cc1ccccc1. The lowest BCUT2D eigenvalue weighted by Gasteiger charge is -2.18. The van der Waals surface area contributed by atoms with E-state index in [0.29, 0.717) is 19.6 Å². The highest BCUT2D eigenvalue weighted by Crippen LogP contribution is 2.02. The van der Waals surface area contributed by atoms with Gasteiger partial charge in [-0.2, -0.15) is 0 Å². The van der Waals surface area contributed by atoms with Gasteiger partial charge in [0.1, 0.15) is 0 Å². The molecule has 128 valence electrons. The predicted molar refractivity (Wildman–Crippen MR) is 92.1 cm³/mol. The van der Waals surface area contributed by atoms with Crippen molar-refractivity contribution in [3.63, 3.8) is 0 Å². The van der Waals surface area contributed by atoms with Gasteiger partial charge in [0.05, 0.1) is 0 Å². The Balaban J connectivity index is 2.19. The summed E-state index contributed by atoms with van der Waals surface area (Å²) in [6.45, 7) is 6.39. The lowest BCUT2D eigenvalue weighted by Crippen LogP contribution is -2.41. The van der Waals surface area contributed by atoms with E-state index in [1.54, 1.807) is 11.9 Å². The van der Waals surface area contributed by atoms with Crippen molar-refractivity contribution < 1.29 is 9.59 Å². The molecule has 6 nitrogen and oxygen atoms in total. The Labute approximate surface area is 138 Å². The van der Waals surface area contributed by atoms with E-state index >= 15 is 0 Å². The molecule has 0 aliphatic rings. The molecule has 1 atom stereocenters. The van der Waals surface area contributed by atoms with E-state index in [-0.39, 0.29) is 24.4 Å². The average Bonchev–Trinajstić information content (AvgIpc) is 2.54. The summed E-state index contributed by atoms with van der Waals surface area (Å²) in [4.78, 5) is 25.2. The Hall–Kier alpha value is -2.08. The molecule has 23 heavy (non-hydrogen) atoms. The number of likely N-dealkylation sites (N-methyl/N-ethyl adjacent to an activating group) is 1. The summed E-state index contributed by atoms with van der Waals surface area (Å²) < 4.78 is 0. The molecule has 0 aromatic heterocycles. The van der Waals surface area contributed by atoms with Crippen LogP contribution in [-0.4, -0.2) is 49.6 Å². The van der Waals surface area contributed by atoms with Crippen molar-refractivity contribution in [1.82, 2.24) is 20.9 Å². The molecule has 0 aliphatic heterocycles. The van der Waals surface area contributed by atoms with Gasteiger partial charge in [0, 0.05) is 39.1 Å². The van der Waals surface area contributed by atoms with Crippen molar-refractivity contribution in [2.45, 2.75) is 32.9 Å². The fourth-order valence-electron chi connectivity index (χ4n) is 2.12. The number of amides is 3. The molecule has 0 heterocycles. The number of carbonyl (C=O) groups is 2.